The lowest BCUT2D eigenvalue weighted by atomic mass is 10.3. The first-order chi connectivity index (χ1) is 7.65. The molecule has 2 N–H and O–H groups in total. The zero-order valence-electron chi connectivity index (χ0n) is 8.15. The molecule has 0 saturated carbocycles. The molecule has 2 aromatic rings. The quantitative estimate of drug-likeness (QED) is 0.832. The van der Waals surface area contributed by atoms with Crippen molar-refractivity contribution in [1.82, 2.24) is 4.98 Å². The predicted octanol–water partition coefficient (Wildman–Crippen LogP) is 3.61. The van der Waals surface area contributed by atoms with E-state index < -0.39 is 0 Å². The van der Waals surface area contributed by atoms with E-state index in [1.54, 1.807) is 30.3 Å². The SMILES string of the molecule is Nc1cc(Cl)nc(Sc2ccccc2F)c1. The van der Waals surface area contributed by atoms with Crippen molar-refractivity contribution in [2.45, 2.75) is 9.92 Å². The van der Waals surface area contributed by atoms with Crippen molar-refractivity contribution in [3.05, 3.63) is 47.4 Å². The molecule has 1 heterocycles. The summed E-state index contributed by atoms with van der Waals surface area (Å²) in [6.07, 6.45) is 0. The van der Waals surface area contributed by atoms with Gasteiger partial charge in [0.1, 0.15) is 16.0 Å². The summed E-state index contributed by atoms with van der Waals surface area (Å²) >= 11 is 6.95. The summed E-state index contributed by atoms with van der Waals surface area (Å²) in [5.41, 5.74) is 6.13. The van der Waals surface area contributed by atoms with Crippen molar-refractivity contribution in [3.63, 3.8) is 0 Å². The van der Waals surface area contributed by atoms with Crippen LogP contribution in [0.5, 0.6) is 0 Å². The van der Waals surface area contributed by atoms with E-state index >= 15 is 0 Å². The number of halogens is 2. The molecule has 1 aromatic carbocycles. The molecule has 0 bridgehead atoms. The van der Waals surface area contributed by atoms with Gasteiger partial charge in [0.25, 0.3) is 0 Å². The van der Waals surface area contributed by atoms with Gasteiger partial charge < -0.3 is 5.73 Å². The highest BCUT2D eigenvalue weighted by molar-refractivity contribution is 7.99. The number of rotatable bonds is 2. The number of nitrogen functional groups attached to an aromatic ring is 1. The number of benzene rings is 1. The Balaban J connectivity index is 2.30. The standard InChI is InChI=1S/C11H8ClFN2S/c12-10-5-7(14)6-11(15-10)16-9-4-2-1-3-8(9)13/h1-6H,(H2,14,15). The van der Waals surface area contributed by atoms with Crippen LogP contribution >= 0.6 is 23.4 Å². The number of aromatic nitrogens is 1. The summed E-state index contributed by atoms with van der Waals surface area (Å²) in [6, 6.07) is 9.68. The van der Waals surface area contributed by atoms with E-state index in [-0.39, 0.29) is 5.82 Å². The van der Waals surface area contributed by atoms with Crippen LogP contribution in [0.3, 0.4) is 0 Å². The second-order valence-corrected chi connectivity index (χ2v) is 4.54. The van der Waals surface area contributed by atoms with Gasteiger partial charge in [-0.3, -0.25) is 0 Å². The number of anilines is 1. The average molecular weight is 255 g/mol. The first-order valence-electron chi connectivity index (χ1n) is 4.50. The van der Waals surface area contributed by atoms with Crippen LogP contribution in [0.25, 0.3) is 0 Å². The summed E-state index contributed by atoms with van der Waals surface area (Å²) in [5, 5.41) is 0.883. The molecule has 0 amide bonds. The molecule has 0 radical (unpaired) electrons. The maximum atomic E-state index is 13.4. The van der Waals surface area contributed by atoms with E-state index in [9.17, 15) is 4.39 Å². The van der Waals surface area contributed by atoms with Gasteiger partial charge in [0.05, 0.1) is 0 Å². The van der Waals surface area contributed by atoms with Crippen molar-refractivity contribution in [2.75, 3.05) is 5.73 Å². The molecule has 2 rings (SSSR count). The van der Waals surface area contributed by atoms with E-state index in [0.717, 1.165) is 0 Å². The fraction of sp³-hybridized carbons (Fsp3) is 0. The minimum Gasteiger partial charge on any atom is -0.399 e. The van der Waals surface area contributed by atoms with Gasteiger partial charge in [0, 0.05) is 10.6 Å². The van der Waals surface area contributed by atoms with Crippen LogP contribution in [-0.2, 0) is 0 Å². The Morgan fingerprint density at radius 3 is 2.69 bits per heavy atom. The molecule has 0 aliphatic rings. The van der Waals surface area contributed by atoms with Crippen molar-refractivity contribution in [3.8, 4) is 0 Å². The first kappa shape index (κ1) is 11.2. The predicted molar refractivity (Wildman–Crippen MR) is 64.2 cm³/mol. The monoisotopic (exact) mass is 254 g/mol. The molecule has 0 spiro atoms. The molecule has 0 unspecified atom stereocenters. The molecule has 1 aromatic heterocycles. The van der Waals surface area contributed by atoms with Crippen molar-refractivity contribution in [1.29, 1.82) is 0 Å². The molecule has 0 atom stereocenters. The highest BCUT2D eigenvalue weighted by atomic mass is 35.5. The molecule has 5 heteroatoms. The Morgan fingerprint density at radius 2 is 2.00 bits per heavy atom. The molecule has 16 heavy (non-hydrogen) atoms. The van der Waals surface area contributed by atoms with E-state index in [2.05, 4.69) is 4.98 Å². The maximum absolute atomic E-state index is 13.4. The number of nitrogens with zero attached hydrogens (tertiary/aromatic N) is 1. The summed E-state index contributed by atoms with van der Waals surface area (Å²) < 4.78 is 13.4. The van der Waals surface area contributed by atoms with Gasteiger partial charge in [0.2, 0.25) is 0 Å². The Labute approximate surface area is 102 Å². The lowest BCUT2D eigenvalue weighted by Crippen LogP contribution is -1.89. The van der Waals surface area contributed by atoms with Crippen LogP contribution in [0.15, 0.2) is 46.3 Å². The van der Waals surface area contributed by atoms with Gasteiger partial charge in [-0.2, -0.15) is 0 Å². The zero-order chi connectivity index (χ0) is 11.5. The van der Waals surface area contributed by atoms with Gasteiger partial charge in [-0.15, -0.1) is 0 Å². The molecule has 0 saturated heterocycles. The summed E-state index contributed by atoms with van der Waals surface area (Å²) in [6.45, 7) is 0. The van der Waals surface area contributed by atoms with Crippen LogP contribution in [0.2, 0.25) is 5.15 Å². The Kier molecular flexibility index (Phi) is 3.31. The third-order valence-corrected chi connectivity index (χ3v) is 3.01. The van der Waals surface area contributed by atoms with E-state index in [1.807, 2.05) is 0 Å². The van der Waals surface area contributed by atoms with Gasteiger partial charge in [-0.1, -0.05) is 35.5 Å². The smallest absolute Gasteiger partial charge is 0.137 e. The number of hydrogen-bond donors (Lipinski definition) is 1. The third-order valence-electron chi connectivity index (χ3n) is 1.84. The lowest BCUT2D eigenvalue weighted by Gasteiger charge is -2.03. The lowest BCUT2D eigenvalue weighted by molar-refractivity contribution is 0.602. The van der Waals surface area contributed by atoms with E-state index in [4.69, 9.17) is 17.3 Å². The van der Waals surface area contributed by atoms with Crippen LogP contribution in [0.4, 0.5) is 10.1 Å². The fourth-order valence-electron chi connectivity index (χ4n) is 1.18. The minimum atomic E-state index is -0.284. The summed E-state index contributed by atoms with van der Waals surface area (Å²) in [7, 11) is 0. The topological polar surface area (TPSA) is 38.9 Å². The maximum Gasteiger partial charge on any atom is 0.137 e. The van der Waals surface area contributed by atoms with Crippen molar-refractivity contribution < 1.29 is 4.39 Å². The second kappa shape index (κ2) is 4.72. The van der Waals surface area contributed by atoms with Gasteiger partial charge in [-0.05, 0) is 24.3 Å². The third kappa shape index (κ3) is 2.65. The van der Waals surface area contributed by atoms with Gasteiger partial charge in [0.15, 0.2) is 0 Å². The zero-order valence-corrected chi connectivity index (χ0v) is 9.73. The second-order valence-electron chi connectivity index (χ2n) is 3.09. The van der Waals surface area contributed by atoms with Crippen LogP contribution in [-0.4, -0.2) is 4.98 Å². The number of hydrogen-bond acceptors (Lipinski definition) is 3. The minimum absolute atomic E-state index is 0.284. The molecule has 0 aliphatic heterocycles. The Bertz CT molecular complexity index is 499. The molecule has 2 nitrogen and oxygen atoms in total. The number of nitrogens with two attached hydrogens (primary N) is 1. The van der Waals surface area contributed by atoms with Crippen LogP contribution in [0, 0.1) is 5.82 Å². The van der Waals surface area contributed by atoms with E-state index in [1.165, 1.54) is 17.8 Å². The average Bonchev–Trinajstić information content (AvgIpc) is 2.20. The van der Waals surface area contributed by atoms with Crippen LogP contribution in [0.1, 0.15) is 0 Å². The Hall–Kier alpha value is -1.26. The van der Waals surface area contributed by atoms with Crippen molar-refractivity contribution >= 4 is 29.1 Å². The molecular weight excluding hydrogens is 247 g/mol. The Morgan fingerprint density at radius 1 is 1.25 bits per heavy atom. The highest BCUT2D eigenvalue weighted by Gasteiger charge is 2.05. The molecule has 0 aliphatic carbocycles. The molecular formula is C11H8ClFN2S. The van der Waals surface area contributed by atoms with Gasteiger partial charge >= 0.3 is 0 Å². The van der Waals surface area contributed by atoms with Gasteiger partial charge in [-0.25, -0.2) is 9.37 Å². The normalized spacial score (nSPS) is 10.4. The van der Waals surface area contributed by atoms with Crippen molar-refractivity contribution in [2.24, 2.45) is 0 Å². The largest absolute Gasteiger partial charge is 0.399 e. The summed E-state index contributed by atoms with van der Waals surface area (Å²) in [5.74, 6) is -0.284. The highest BCUT2D eigenvalue weighted by Crippen LogP contribution is 2.30. The fourth-order valence-corrected chi connectivity index (χ4v) is 2.33. The first-order valence-corrected chi connectivity index (χ1v) is 5.70. The van der Waals surface area contributed by atoms with Crippen LogP contribution < -0.4 is 5.73 Å². The molecule has 0 fully saturated rings. The number of pyridine rings is 1. The summed E-state index contributed by atoms with van der Waals surface area (Å²) in [4.78, 5) is 4.55. The molecule has 82 valence electrons. The van der Waals surface area contributed by atoms with E-state index in [0.29, 0.717) is 20.8 Å².